The highest BCUT2D eigenvalue weighted by Gasteiger charge is 2.07. The van der Waals surface area contributed by atoms with Crippen LogP contribution in [0.2, 0.25) is 0 Å². The van der Waals surface area contributed by atoms with Crippen molar-refractivity contribution < 1.29 is 9.53 Å². The molecule has 82 valence electrons. The molecule has 1 rings (SSSR count). The molecule has 0 aromatic heterocycles. The van der Waals surface area contributed by atoms with Gasteiger partial charge in [0.2, 0.25) is 0 Å². The molecule has 0 heterocycles. The predicted octanol–water partition coefficient (Wildman–Crippen LogP) is 3.00. The highest BCUT2D eigenvalue weighted by Crippen LogP contribution is 2.25. The zero-order valence-electron chi connectivity index (χ0n) is 8.85. The number of esters is 1. The van der Waals surface area contributed by atoms with E-state index in [1.54, 1.807) is 0 Å². The average Bonchev–Trinajstić information content (AvgIpc) is 2.29. The number of carbonyl (C=O) groups is 1. The minimum Gasteiger partial charge on any atom is -0.469 e. The van der Waals surface area contributed by atoms with Gasteiger partial charge in [0.15, 0.2) is 0 Å². The Labute approximate surface area is 96.1 Å². The molecule has 0 N–H and O–H groups in total. The molecule has 0 bridgehead atoms. The Hall–Kier alpha value is -0.960. The van der Waals surface area contributed by atoms with Crippen molar-refractivity contribution in [1.82, 2.24) is 0 Å². The van der Waals surface area contributed by atoms with E-state index in [4.69, 9.17) is 0 Å². The molecule has 3 heteroatoms. The fraction of sp³-hybridized carbons (Fsp3) is 0.417. The van der Waals surface area contributed by atoms with Crippen LogP contribution in [0.15, 0.2) is 30.3 Å². The van der Waals surface area contributed by atoms with Crippen LogP contribution in [0.5, 0.6) is 0 Å². The number of ether oxygens (including phenoxy) is 1. The van der Waals surface area contributed by atoms with E-state index in [9.17, 15) is 4.79 Å². The van der Waals surface area contributed by atoms with E-state index in [1.807, 2.05) is 18.2 Å². The van der Waals surface area contributed by atoms with Crippen molar-refractivity contribution in [2.45, 2.75) is 24.5 Å². The van der Waals surface area contributed by atoms with Crippen LogP contribution in [0, 0.1) is 0 Å². The molecule has 0 amide bonds. The number of thiol groups is 1. The van der Waals surface area contributed by atoms with Gasteiger partial charge in [0.25, 0.3) is 0 Å². The van der Waals surface area contributed by atoms with Crippen LogP contribution in [0.3, 0.4) is 0 Å². The lowest BCUT2D eigenvalue weighted by atomic mass is 10.1. The summed E-state index contributed by atoms with van der Waals surface area (Å²) in [6, 6.07) is 10.1. The molecule has 0 aliphatic rings. The van der Waals surface area contributed by atoms with E-state index in [1.165, 1.54) is 12.7 Å². The Kier molecular flexibility index (Phi) is 5.26. The number of rotatable bonds is 5. The first kappa shape index (κ1) is 12.1. The molecule has 15 heavy (non-hydrogen) atoms. The first-order valence-electron chi connectivity index (χ1n) is 5.04. The molecule has 2 nitrogen and oxygen atoms in total. The second-order valence-electron chi connectivity index (χ2n) is 3.39. The number of benzene rings is 1. The molecule has 1 aromatic carbocycles. The number of hydrogen-bond acceptors (Lipinski definition) is 3. The van der Waals surface area contributed by atoms with Gasteiger partial charge in [-0.25, -0.2) is 0 Å². The molecule has 0 radical (unpaired) electrons. The summed E-state index contributed by atoms with van der Waals surface area (Å²) in [5, 5.41) is 0.204. The SMILES string of the molecule is COC(=O)CCCC(S)c1ccccc1. The number of hydrogen-bond donors (Lipinski definition) is 1. The number of methoxy groups -OCH3 is 1. The van der Waals surface area contributed by atoms with Gasteiger partial charge >= 0.3 is 5.97 Å². The monoisotopic (exact) mass is 224 g/mol. The molecular formula is C12H16O2S. The van der Waals surface area contributed by atoms with Crippen LogP contribution < -0.4 is 0 Å². The van der Waals surface area contributed by atoms with Crippen LogP contribution in [0.4, 0.5) is 0 Å². The van der Waals surface area contributed by atoms with Crippen molar-refractivity contribution in [2.75, 3.05) is 7.11 Å². The van der Waals surface area contributed by atoms with Gasteiger partial charge in [-0.3, -0.25) is 4.79 Å². The molecule has 0 aliphatic carbocycles. The zero-order chi connectivity index (χ0) is 11.1. The maximum absolute atomic E-state index is 10.9. The van der Waals surface area contributed by atoms with E-state index in [0.717, 1.165) is 12.8 Å². The van der Waals surface area contributed by atoms with Crippen LogP contribution in [-0.4, -0.2) is 13.1 Å². The molecule has 0 saturated heterocycles. The lowest BCUT2D eigenvalue weighted by Gasteiger charge is -2.09. The van der Waals surface area contributed by atoms with Crippen molar-refractivity contribution in [1.29, 1.82) is 0 Å². The largest absolute Gasteiger partial charge is 0.469 e. The molecule has 0 saturated carbocycles. The maximum Gasteiger partial charge on any atom is 0.305 e. The average molecular weight is 224 g/mol. The van der Waals surface area contributed by atoms with Crippen molar-refractivity contribution in [3.05, 3.63) is 35.9 Å². The van der Waals surface area contributed by atoms with Crippen LogP contribution in [0.25, 0.3) is 0 Å². The minimum atomic E-state index is -0.149. The molecule has 1 atom stereocenters. The highest BCUT2D eigenvalue weighted by atomic mass is 32.1. The Morgan fingerprint density at radius 1 is 1.40 bits per heavy atom. The fourth-order valence-corrected chi connectivity index (χ4v) is 1.74. The van der Waals surface area contributed by atoms with E-state index >= 15 is 0 Å². The molecular weight excluding hydrogens is 208 g/mol. The van der Waals surface area contributed by atoms with E-state index in [0.29, 0.717) is 6.42 Å². The summed E-state index contributed by atoms with van der Waals surface area (Å²) in [4.78, 5) is 10.9. The topological polar surface area (TPSA) is 26.3 Å². The van der Waals surface area contributed by atoms with Gasteiger partial charge in [-0.1, -0.05) is 30.3 Å². The maximum atomic E-state index is 10.9. The van der Waals surface area contributed by atoms with Gasteiger partial charge in [-0.2, -0.15) is 12.6 Å². The summed E-state index contributed by atoms with van der Waals surface area (Å²) < 4.78 is 4.57. The Morgan fingerprint density at radius 3 is 2.67 bits per heavy atom. The molecule has 1 unspecified atom stereocenters. The summed E-state index contributed by atoms with van der Waals surface area (Å²) in [6.45, 7) is 0. The van der Waals surface area contributed by atoms with Crippen molar-refractivity contribution >= 4 is 18.6 Å². The summed E-state index contributed by atoms with van der Waals surface area (Å²) in [5.74, 6) is -0.149. The van der Waals surface area contributed by atoms with E-state index in [2.05, 4.69) is 29.5 Å². The second-order valence-corrected chi connectivity index (χ2v) is 4.02. The lowest BCUT2D eigenvalue weighted by molar-refractivity contribution is -0.140. The second kappa shape index (κ2) is 6.51. The third kappa shape index (κ3) is 4.38. The fourth-order valence-electron chi connectivity index (χ4n) is 1.38. The Bertz CT molecular complexity index is 298. The van der Waals surface area contributed by atoms with Gasteiger partial charge in [0, 0.05) is 11.7 Å². The van der Waals surface area contributed by atoms with Gasteiger partial charge in [-0.05, 0) is 18.4 Å². The standard InChI is InChI=1S/C12H16O2S/c1-14-12(13)9-5-8-11(15)10-6-3-2-4-7-10/h2-4,6-7,11,15H,5,8-9H2,1H3. The third-order valence-electron chi connectivity index (χ3n) is 2.27. The van der Waals surface area contributed by atoms with E-state index in [-0.39, 0.29) is 11.2 Å². The lowest BCUT2D eigenvalue weighted by Crippen LogP contribution is -2.00. The van der Waals surface area contributed by atoms with E-state index < -0.39 is 0 Å². The van der Waals surface area contributed by atoms with Crippen molar-refractivity contribution in [3.8, 4) is 0 Å². The molecule has 1 aromatic rings. The zero-order valence-corrected chi connectivity index (χ0v) is 9.74. The summed E-state index contributed by atoms with van der Waals surface area (Å²) >= 11 is 4.50. The quantitative estimate of drug-likeness (QED) is 0.614. The van der Waals surface area contributed by atoms with Crippen LogP contribution >= 0.6 is 12.6 Å². The normalized spacial score (nSPS) is 12.1. The number of carbonyl (C=O) groups excluding carboxylic acids is 1. The Morgan fingerprint density at radius 2 is 2.07 bits per heavy atom. The predicted molar refractivity (Wildman–Crippen MR) is 64.0 cm³/mol. The summed E-state index contributed by atoms with van der Waals surface area (Å²) in [6.07, 6.45) is 2.18. The van der Waals surface area contributed by atoms with Gasteiger partial charge < -0.3 is 4.74 Å². The molecule has 0 fully saturated rings. The van der Waals surface area contributed by atoms with Gasteiger partial charge in [-0.15, -0.1) is 0 Å². The van der Waals surface area contributed by atoms with Gasteiger partial charge in [0.1, 0.15) is 0 Å². The Balaban J connectivity index is 2.31. The molecule has 0 aliphatic heterocycles. The summed E-state index contributed by atoms with van der Waals surface area (Å²) in [5.41, 5.74) is 1.20. The summed E-state index contributed by atoms with van der Waals surface area (Å²) in [7, 11) is 1.41. The first-order chi connectivity index (χ1) is 7.24. The molecule has 0 spiro atoms. The van der Waals surface area contributed by atoms with Crippen LogP contribution in [0.1, 0.15) is 30.1 Å². The third-order valence-corrected chi connectivity index (χ3v) is 2.83. The minimum absolute atomic E-state index is 0.149. The first-order valence-corrected chi connectivity index (χ1v) is 5.55. The van der Waals surface area contributed by atoms with Gasteiger partial charge in [0.05, 0.1) is 7.11 Å². The highest BCUT2D eigenvalue weighted by molar-refractivity contribution is 7.80. The smallest absolute Gasteiger partial charge is 0.305 e. The van der Waals surface area contributed by atoms with Crippen molar-refractivity contribution in [3.63, 3.8) is 0 Å². The van der Waals surface area contributed by atoms with Crippen LogP contribution in [-0.2, 0) is 9.53 Å². The van der Waals surface area contributed by atoms with Crippen molar-refractivity contribution in [2.24, 2.45) is 0 Å².